The second-order valence-corrected chi connectivity index (χ2v) is 5.03. The summed E-state index contributed by atoms with van der Waals surface area (Å²) in [5, 5.41) is 7.80. The molecule has 0 spiro atoms. The van der Waals surface area contributed by atoms with Crippen molar-refractivity contribution in [3.05, 3.63) is 36.2 Å². The largest absolute Gasteiger partial charge is 0.406 e. The third kappa shape index (κ3) is 3.47. The van der Waals surface area contributed by atoms with E-state index in [1.165, 1.54) is 0 Å². The van der Waals surface area contributed by atoms with Crippen LogP contribution in [0.5, 0.6) is 0 Å². The second kappa shape index (κ2) is 6.57. The minimum atomic E-state index is -0.273. The average Bonchev–Trinajstić information content (AvgIpc) is 2.90. The molecule has 0 radical (unpaired) electrons. The molecule has 1 heterocycles. The maximum atomic E-state index is 5.96. The summed E-state index contributed by atoms with van der Waals surface area (Å²) in [5.41, 5.74) is 1.05. The summed E-state index contributed by atoms with van der Waals surface area (Å²) >= 11 is 5.96. The molecule has 1 aromatic heterocycles. The molecule has 2 rings (SSSR count). The highest BCUT2D eigenvalue weighted by molar-refractivity contribution is 6.20. The third-order valence-electron chi connectivity index (χ3n) is 2.80. The van der Waals surface area contributed by atoms with Crippen molar-refractivity contribution in [1.82, 2.24) is 10.2 Å². The number of hydrogen-bond donors (Lipinski definition) is 0. The molecule has 0 saturated carbocycles. The van der Waals surface area contributed by atoms with Gasteiger partial charge in [-0.05, 0) is 25.5 Å². The van der Waals surface area contributed by atoms with Crippen LogP contribution in [-0.4, -0.2) is 16.7 Å². The second-order valence-electron chi connectivity index (χ2n) is 4.38. The lowest BCUT2D eigenvalue weighted by molar-refractivity contribution is 0.493. The fourth-order valence-corrected chi connectivity index (χ4v) is 1.84. The number of benzene rings is 1. The zero-order valence-corrected chi connectivity index (χ0v) is 12.0. The van der Waals surface area contributed by atoms with Crippen molar-refractivity contribution >= 4 is 23.3 Å². The quantitative estimate of drug-likeness (QED) is 0.739. The van der Waals surface area contributed by atoms with Gasteiger partial charge in [0.05, 0.1) is 0 Å². The number of hydrogen-bond acceptors (Lipinski definition) is 4. The Morgan fingerprint density at radius 2 is 2.00 bits per heavy atom. The van der Waals surface area contributed by atoms with Crippen molar-refractivity contribution in [1.29, 1.82) is 0 Å². The van der Waals surface area contributed by atoms with E-state index in [0.29, 0.717) is 11.9 Å². The number of unbranched alkanes of at least 4 members (excludes halogenated alkanes) is 1. The van der Waals surface area contributed by atoms with Gasteiger partial charge in [0, 0.05) is 12.2 Å². The lowest BCUT2D eigenvalue weighted by atomic mass is 10.2. The van der Waals surface area contributed by atoms with Gasteiger partial charge in [-0.25, -0.2) is 0 Å². The Hall–Kier alpha value is -1.55. The van der Waals surface area contributed by atoms with Gasteiger partial charge in [-0.3, -0.25) is 4.90 Å². The van der Waals surface area contributed by atoms with Gasteiger partial charge in [0.15, 0.2) is 0 Å². The number of para-hydroxylation sites is 1. The molecule has 0 fully saturated rings. The number of aromatic nitrogens is 2. The predicted octanol–water partition coefficient (Wildman–Crippen LogP) is 4.31. The molecule has 0 amide bonds. The smallest absolute Gasteiger partial charge is 0.322 e. The van der Waals surface area contributed by atoms with Gasteiger partial charge in [-0.15, -0.1) is 16.7 Å². The van der Waals surface area contributed by atoms with Gasteiger partial charge in [0.2, 0.25) is 5.89 Å². The summed E-state index contributed by atoms with van der Waals surface area (Å²) in [6.45, 7) is 4.82. The zero-order chi connectivity index (χ0) is 13.7. The van der Waals surface area contributed by atoms with E-state index >= 15 is 0 Å². The highest BCUT2D eigenvalue weighted by Gasteiger charge is 2.17. The Kier molecular flexibility index (Phi) is 4.80. The van der Waals surface area contributed by atoms with Crippen LogP contribution in [0.3, 0.4) is 0 Å². The molecule has 1 atom stereocenters. The predicted molar refractivity (Wildman–Crippen MR) is 76.9 cm³/mol. The van der Waals surface area contributed by atoms with Crippen molar-refractivity contribution < 1.29 is 4.42 Å². The summed E-state index contributed by atoms with van der Waals surface area (Å²) in [6, 6.07) is 10.5. The van der Waals surface area contributed by atoms with Crippen LogP contribution in [0.4, 0.5) is 11.7 Å². The number of anilines is 2. The van der Waals surface area contributed by atoms with Crippen LogP contribution in [0.25, 0.3) is 0 Å². The van der Waals surface area contributed by atoms with E-state index in [2.05, 4.69) is 17.1 Å². The Labute approximate surface area is 118 Å². The molecule has 1 unspecified atom stereocenters. The molecule has 0 N–H and O–H groups in total. The normalized spacial score (nSPS) is 12.4. The van der Waals surface area contributed by atoms with E-state index in [4.69, 9.17) is 16.0 Å². The molecule has 1 aromatic carbocycles. The van der Waals surface area contributed by atoms with E-state index in [1.807, 2.05) is 42.2 Å². The highest BCUT2D eigenvalue weighted by Crippen LogP contribution is 2.27. The molecule has 19 heavy (non-hydrogen) atoms. The first-order chi connectivity index (χ1) is 9.22. The van der Waals surface area contributed by atoms with Crippen LogP contribution in [0.1, 0.15) is 38.0 Å². The van der Waals surface area contributed by atoms with Crippen molar-refractivity contribution in [3.63, 3.8) is 0 Å². The minimum absolute atomic E-state index is 0.273. The molecule has 2 aromatic rings. The molecular weight excluding hydrogens is 262 g/mol. The first kappa shape index (κ1) is 13.9. The van der Waals surface area contributed by atoms with Gasteiger partial charge < -0.3 is 4.42 Å². The number of alkyl halides is 1. The number of nitrogens with zero attached hydrogens (tertiary/aromatic N) is 3. The first-order valence-corrected chi connectivity index (χ1v) is 6.96. The lowest BCUT2D eigenvalue weighted by Crippen LogP contribution is -2.18. The molecule has 5 heteroatoms. The zero-order valence-electron chi connectivity index (χ0n) is 11.2. The first-order valence-electron chi connectivity index (χ1n) is 6.52. The Bertz CT molecular complexity index is 498. The van der Waals surface area contributed by atoms with Crippen LogP contribution >= 0.6 is 11.6 Å². The van der Waals surface area contributed by atoms with Crippen LogP contribution in [-0.2, 0) is 0 Å². The molecule has 0 saturated heterocycles. The summed E-state index contributed by atoms with van der Waals surface area (Å²) < 4.78 is 5.63. The van der Waals surface area contributed by atoms with Gasteiger partial charge in [-0.1, -0.05) is 36.6 Å². The van der Waals surface area contributed by atoms with Gasteiger partial charge >= 0.3 is 6.01 Å². The van der Waals surface area contributed by atoms with Gasteiger partial charge in [0.1, 0.15) is 5.38 Å². The summed E-state index contributed by atoms with van der Waals surface area (Å²) in [4.78, 5) is 2.03. The summed E-state index contributed by atoms with van der Waals surface area (Å²) in [6.07, 6.45) is 2.17. The molecule has 0 aliphatic carbocycles. The van der Waals surface area contributed by atoms with E-state index in [-0.39, 0.29) is 5.38 Å². The molecule has 0 aliphatic rings. The fraction of sp³-hybridized carbons (Fsp3) is 0.429. The van der Waals surface area contributed by atoms with Crippen LogP contribution in [0.15, 0.2) is 34.7 Å². The maximum absolute atomic E-state index is 5.96. The van der Waals surface area contributed by atoms with Crippen LogP contribution in [0, 0.1) is 0 Å². The average molecular weight is 280 g/mol. The van der Waals surface area contributed by atoms with E-state index < -0.39 is 0 Å². The standard InChI is InChI=1S/C14H18ClN3O/c1-3-4-10-18(12-8-6-5-7-9-12)14-17-16-13(19-14)11(2)15/h5-9,11H,3-4,10H2,1-2H3. The van der Waals surface area contributed by atoms with Crippen molar-refractivity contribution in [2.24, 2.45) is 0 Å². The molecule has 102 valence electrons. The van der Waals surface area contributed by atoms with Crippen molar-refractivity contribution in [2.75, 3.05) is 11.4 Å². The van der Waals surface area contributed by atoms with Gasteiger partial charge in [-0.2, -0.15) is 0 Å². The van der Waals surface area contributed by atoms with Crippen LogP contribution < -0.4 is 4.90 Å². The van der Waals surface area contributed by atoms with Crippen LogP contribution in [0.2, 0.25) is 0 Å². The monoisotopic (exact) mass is 279 g/mol. The topological polar surface area (TPSA) is 42.2 Å². The summed E-state index contributed by atoms with van der Waals surface area (Å²) in [7, 11) is 0. The Morgan fingerprint density at radius 1 is 1.26 bits per heavy atom. The molecule has 0 bridgehead atoms. The van der Waals surface area contributed by atoms with E-state index in [9.17, 15) is 0 Å². The van der Waals surface area contributed by atoms with Crippen molar-refractivity contribution in [2.45, 2.75) is 32.1 Å². The Balaban J connectivity index is 2.26. The minimum Gasteiger partial charge on any atom is -0.406 e. The highest BCUT2D eigenvalue weighted by atomic mass is 35.5. The van der Waals surface area contributed by atoms with E-state index in [1.54, 1.807) is 0 Å². The molecule has 4 nitrogen and oxygen atoms in total. The van der Waals surface area contributed by atoms with Gasteiger partial charge in [0.25, 0.3) is 0 Å². The maximum Gasteiger partial charge on any atom is 0.322 e. The lowest BCUT2D eigenvalue weighted by Gasteiger charge is -2.19. The molecular formula is C14H18ClN3O. The SMILES string of the molecule is CCCCN(c1ccccc1)c1nnc(C(C)Cl)o1. The summed E-state index contributed by atoms with van der Waals surface area (Å²) in [5.74, 6) is 0.453. The third-order valence-corrected chi connectivity index (χ3v) is 2.99. The van der Waals surface area contributed by atoms with Crippen molar-refractivity contribution in [3.8, 4) is 0 Å². The number of halogens is 1. The molecule has 0 aliphatic heterocycles. The Morgan fingerprint density at radius 3 is 2.58 bits per heavy atom. The number of rotatable bonds is 6. The fourth-order valence-electron chi connectivity index (χ4n) is 1.76. The van der Waals surface area contributed by atoms with E-state index in [0.717, 1.165) is 25.1 Å².